The number of fused-ring (bicyclic) bond motifs is 1. The number of hydrogen-bond acceptors (Lipinski definition) is 4. The Hall–Kier alpha value is -3.74. The molecule has 0 bridgehead atoms. The molecule has 3 aromatic carbocycles. The first-order valence-electron chi connectivity index (χ1n) is 13.2. The first kappa shape index (κ1) is 24.6. The second kappa shape index (κ2) is 10.6. The van der Waals surface area contributed by atoms with Gasteiger partial charge in [-0.15, -0.1) is 0 Å². The van der Waals surface area contributed by atoms with Gasteiger partial charge in [0.05, 0.1) is 23.9 Å². The number of carbonyl (C=O) groups excluding carboxylic acids is 1. The van der Waals surface area contributed by atoms with E-state index in [-0.39, 0.29) is 17.5 Å². The van der Waals surface area contributed by atoms with Crippen LogP contribution in [-0.2, 0) is 4.79 Å². The normalized spacial score (nSPS) is 18.1. The van der Waals surface area contributed by atoms with E-state index in [1.165, 1.54) is 6.42 Å². The van der Waals surface area contributed by atoms with Gasteiger partial charge in [0.25, 0.3) is 11.5 Å². The molecule has 6 nitrogen and oxygen atoms in total. The molecule has 3 heterocycles. The summed E-state index contributed by atoms with van der Waals surface area (Å²) < 4.78 is 0. The molecule has 0 radical (unpaired) electrons. The van der Waals surface area contributed by atoms with E-state index in [9.17, 15) is 9.59 Å². The van der Waals surface area contributed by atoms with Crippen LogP contribution < -0.4 is 5.56 Å². The minimum Gasteiger partial charge on any atom is -0.321 e. The van der Waals surface area contributed by atoms with Crippen LogP contribution in [0.2, 0.25) is 5.02 Å². The van der Waals surface area contributed by atoms with Gasteiger partial charge in [-0.3, -0.25) is 14.5 Å². The van der Waals surface area contributed by atoms with Crippen molar-refractivity contribution in [2.24, 2.45) is 5.10 Å². The summed E-state index contributed by atoms with van der Waals surface area (Å²) in [6.07, 6.45) is 3.88. The van der Waals surface area contributed by atoms with Gasteiger partial charge in [0.2, 0.25) is 0 Å². The summed E-state index contributed by atoms with van der Waals surface area (Å²) in [5.74, 6) is -0.0442. The third kappa shape index (κ3) is 4.77. The molecule has 1 aromatic heterocycles. The third-order valence-corrected chi connectivity index (χ3v) is 7.72. The second-order valence-electron chi connectivity index (χ2n) is 10.0. The Labute approximate surface area is 226 Å². The van der Waals surface area contributed by atoms with Gasteiger partial charge >= 0.3 is 0 Å². The topological polar surface area (TPSA) is 68.8 Å². The van der Waals surface area contributed by atoms with Crippen molar-refractivity contribution in [2.45, 2.75) is 31.7 Å². The summed E-state index contributed by atoms with van der Waals surface area (Å²) in [7, 11) is 0. The average molecular weight is 525 g/mol. The maximum absolute atomic E-state index is 13.7. The van der Waals surface area contributed by atoms with Crippen LogP contribution in [0.25, 0.3) is 22.0 Å². The molecule has 1 fully saturated rings. The number of benzene rings is 3. The third-order valence-electron chi connectivity index (χ3n) is 7.49. The van der Waals surface area contributed by atoms with E-state index in [4.69, 9.17) is 16.7 Å². The predicted molar refractivity (Wildman–Crippen MR) is 152 cm³/mol. The Morgan fingerprint density at radius 3 is 2.37 bits per heavy atom. The molecule has 1 saturated heterocycles. The Morgan fingerprint density at radius 1 is 0.921 bits per heavy atom. The monoisotopic (exact) mass is 524 g/mol. The number of halogens is 1. The highest BCUT2D eigenvalue weighted by atomic mass is 35.5. The number of amides is 1. The summed E-state index contributed by atoms with van der Waals surface area (Å²) in [6.45, 7) is 2.18. The minimum absolute atomic E-state index is 0.0442. The number of piperidine rings is 1. The highest BCUT2D eigenvalue weighted by Gasteiger charge is 2.36. The quantitative estimate of drug-likeness (QED) is 0.347. The number of nitrogens with one attached hydrogen (secondary N) is 1. The van der Waals surface area contributed by atoms with E-state index < -0.39 is 0 Å². The van der Waals surface area contributed by atoms with Gasteiger partial charge in [-0.05, 0) is 55.3 Å². The lowest BCUT2D eigenvalue weighted by Gasteiger charge is -2.29. The maximum atomic E-state index is 13.7. The molecule has 0 aliphatic carbocycles. The molecular formula is C31H29ClN4O2. The number of aromatic amines is 1. The molecule has 7 heteroatoms. The van der Waals surface area contributed by atoms with Gasteiger partial charge in [-0.25, -0.2) is 5.01 Å². The van der Waals surface area contributed by atoms with Crippen molar-refractivity contribution >= 4 is 34.1 Å². The van der Waals surface area contributed by atoms with Gasteiger partial charge in [-0.1, -0.05) is 78.7 Å². The van der Waals surface area contributed by atoms with Crippen molar-refractivity contribution < 1.29 is 4.79 Å². The van der Waals surface area contributed by atoms with Crippen LogP contribution in [-0.4, -0.2) is 46.1 Å². The zero-order chi connectivity index (χ0) is 26.1. The lowest BCUT2D eigenvalue weighted by Crippen LogP contribution is -2.40. The fraction of sp³-hybridized carbons (Fsp3) is 0.258. The van der Waals surface area contributed by atoms with Crippen molar-refractivity contribution in [3.05, 3.63) is 105 Å². The Morgan fingerprint density at radius 2 is 1.63 bits per heavy atom. The number of hydrazone groups is 1. The van der Waals surface area contributed by atoms with Crippen molar-refractivity contribution in [3.63, 3.8) is 0 Å². The highest BCUT2D eigenvalue weighted by molar-refractivity contribution is 6.31. The van der Waals surface area contributed by atoms with Crippen LogP contribution in [0, 0.1) is 0 Å². The fourth-order valence-corrected chi connectivity index (χ4v) is 5.82. The largest absolute Gasteiger partial charge is 0.321 e. The van der Waals surface area contributed by atoms with Crippen molar-refractivity contribution in [1.82, 2.24) is 14.9 Å². The van der Waals surface area contributed by atoms with Gasteiger partial charge < -0.3 is 4.98 Å². The number of pyridine rings is 1. The predicted octanol–water partition coefficient (Wildman–Crippen LogP) is 6.01. The Kier molecular flexibility index (Phi) is 6.83. The van der Waals surface area contributed by atoms with E-state index >= 15 is 0 Å². The molecule has 2 aliphatic rings. The van der Waals surface area contributed by atoms with Crippen molar-refractivity contribution in [2.75, 3.05) is 19.6 Å². The van der Waals surface area contributed by atoms with E-state index in [1.54, 1.807) is 11.1 Å². The lowest BCUT2D eigenvalue weighted by molar-refractivity contribution is -0.134. The summed E-state index contributed by atoms with van der Waals surface area (Å²) in [5.41, 5.74) is 4.25. The number of aromatic nitrogens is 1. The number of carbonyl (C=O) groups is 1. The highest BCUT2D eigenvalue weighted by Crippen LogP contribution is 2.37. The SMILES string of the molecule is O=C(CN1CCCCC1)N1N=C(c2c(-c3ccccc3)c3cc(Cl)ccc3[nH]c2=O)C[C@H]1c1ccccc1. The fourth-order valence-electron chi connectivity index (χ4n) is 5.65. The Balaban J connectivity index is 1.49. The molecule has 4 aromatic rings. The molecule has 38 heavy (non-hydrogen) atoms. The first-order valence-corrected chi connectivity index (χ1v) is 13.5. The number of rotatable bonds is 5. The molecule has 1 N–H and O–H groups in total. The van der Waals surface area contributed by atoms with E-state index in [1.807, 2.05) is 72.8 Å². The number of hydrogen-bond donors (Lipinski definition) is 1. The van der Waals surface area contributed by atoms with E-state index in [2.05, 4.69) is 9.88 Å². The lowest BCUT2D eigenvalue weighted by atomic mass is 9.91. The summed E-state index contributed by atoms with van der Waals surface area (Å²) >= 11 is 6.41. The van der Waals surface area contributed by atoms with E-state index in [0.29, 0.717) is 34.8 Å². The van der Waals surface area contributed by atoms with Crippen LogP contribution >= 0.6 is 11.6 Å². The van der Waals surface area contributed by atoms with Gasteiger partial charge in [0.1, 0.15) is 0 Å². The Bertz CT molecular complexity index is 1560. The molecular weight excluding hydrogens is 496 g/mol. The van der Waals surface area contributed by atoms with Crippen LogP contribution in [0.15, 0.2) is 88.8 Å². The number of H-pyrrole nitrogens is 1. The molecule has 0 spiro atoms. The van der Waals surface area contributed by atoms with Crippen LogP contribution in [0.1, 0.15) is 42.9 Å². The van der Waals surface area contributed by atoms with Crippen LogP contribution in [0.5, 0.6) is 0 Å². The molecule has 6 rings (SSSR count). The second-order valence-corrected chi connectivity index (χ2v) is 10.4. The zero-order valence-electron chi connectivity index (χ0n) is 21.1. The summed E-state index contributed by atoms with van der Waals surface area (Å²) in [4.78, 5) is 32.5. The summed E-state index contributed by atoms with van der Waals surface area (Å²) in [6, 6.07) is 25.0. The van der Waals surface area contributed by atoms with Crippen LogP contribution in [0.3, 0.4) is 0 Å². The average Bonchev–Trinajstić information content (AvgIpc) is 3.39. The molecule has 0 unspecified atom stereocenters. The first-order chi connectivity index (χ1) is 18.6. The molecule has 1 atom stereocenters. The maximum Gasteiger partial charge on any atom is 0.258 e. The molecule has 2 aliphatic heterocycles. The van der Waals surface area contributed by atoms with Gasteiger partial charge in [0.15, 0.2) is 0 Å². The van der Waals surface area contributed by atoms with Crippen LogP contribution in [0.4, 0.5) is 0 Å². The standard InChI is InChI=1S/C31H29ClN4O2/c32-23-14-15-25-24(18-23)29(22-12-6-2-7-13-22)30(31(38)33-25)26-19-27(21-10-4-1-5-11-21)36(34-26)28(37)20-35-16-8-3-9-17-35/h1-2,4-7,10-15,18,27H,3,8-9,16-17,19-20H2,(H,33,38)/t27-/m0/s1. The molecule has 192 valence electrons. The molecule has 1 amide bonds. The van der Waals surface area contributed by atoms with Crippen molar-refractivity contribution in [1.29, 1.82) is 0 Å². The number of nitrogens with zero attached hydrogens (tertiary/aromatic N) is 3. The van der Waals surface area contributed by atoms with Gasteiger partial charge in [-0.2, -0.15) is 5.10 Å². The van der Waals surface area contributed by atoms with Gasteiger partial charge in [0, 0.05) is 27.9 Å². The number of likely N-dealkylation sites (tertiary alicyclic amines) is 1. The molecule has 0 saturated carbocycles. The minimum atomic E-state index is -0.276. The van der Waals surface area contributed by atoms with E-state index in [0.717, 1.165) is 48.0 Å². The smallest absolute Gasteiger partial charge is 0.258 e. The van der Waals surface area contributed by atoms with Crippen molar-refractivity contribution in [3.8, 4) is 11.1 Å². The summed E-state index contributed by atoms with van der Waals surface area (Å²) in [5, 5.41) is 7.91. The zero-order valence-corrected chi connectivity index (χ0v) is 21.8.